The fourth-order valence-electron chi connectivity index (χ4n) is 2.55. The van der Waals surface area contributed by atoms with Crippen LogP contribution in [0.15, 0.2) is 35.5 Å². The van der Waals surface area contributed by atoms with Crippen LogP contribution in [-0.4, -0.2) is 44.0 Å². The molecule has 9 heteroatoms. The van der Waals surface area contributed by atoms with Crippen molar-refractivity contribution in [2.45, 2.75) is 25.3 Å². The fourth-order valence-corrected chi connectivity index (χ4v) is 3.35. The third-order valence-corrected chi connectivity index (χ3v) is 5.52. The first kappa shape index (κ1) is 19.9. The topological polar surface area (TPSA) is 96.3 Å². The zero-order valence-corrected chi connectivity index (χ0v) is 16.3. The summed E-state index contributed by atoms with van der Waals surface area (Å²) in [6.07, 6.45) is 3.14. The van der Waals surface area contributed by atoms with Gasteiger partial charge in [0, 0.05) is 39.1 Å². The Bertz CT molecular complexity index is 855. The molecule has 2 aromatic heterocycles. The SMILES string of the molecule is CCN(CC)c1ccc(CNC(=O)c2cc(S(=O)(=O)NC)cn2C)cn1. The largest absolute Gasteiger partial charge is 0.357 e. The third-order valence-electron chi connectivity index (χ3n) is 4.14. The number of nitrogens with one attached hydrogen (secondary N) is 2. The molecule has 8 nitrogen and oxygen atoms in total. The van der Waals surface area contributed by atoms with E-state index in [4.69, 9.17) is 0 Å². The van der Waals surface area contributed by atoms with E-state index in [0.717, 1.165) is 24.5 Å². The van der Waals surface area contributed by atoms with Crippen LogP contribution in [0, 0.1) is 0 Å². The van der Waals surface area contributed by atoms with Crippen LogP contribution in [-0.2, 0) is 23.6 Å². The lowest BCUT2D eigenvalue weighted by molar-refractivity contribution is 0.0942. The number of pyridine rings is 1. The fraction of sp³-hybridized carbons (Fsp3) is 0.412. The van der Waals surface area contributed by atoms with Crippen LogP contribution in [0.4, 0.5) is 5.82 Å². The van der Waals surface area contributed by atoms with Gasteiger partial charge in [0.15, 0.2) is 0 Å². The first-order valence-electron chi connectivity index (χ1n) is 8.40. The molecule has 0 atom stereocenters. The Balaban J connectivity index is 2.05. The van der Waals surface area contributed by atoms with Gasteiger partial charge in [0.1, 0.15) is 16.4 Å². The highest BCUT2D eigenvalue weighted by molar-refractivity contribution is 7.89. The maximum absolute atomic E-state index is 12.4. The van der Waals surface area contributed by atoms with Crippen LogP contribution in [0.1, 0.15) is 29.9 Å². The molecule has 2 N–H and O–H groups in total. The third kappa shape index (κ3) is 4.41. The summed E-state index contributed by atoms with van der Waals surface area (Å²) in [6.45, 7) is 6.21. The van der Waals surface area contributed by atoms with Gasteiger partial charge in [0.2, 0.25) is 10.0 Å². The smallest absolute Gasteiger partial charge is 0.268 e. The maximum atomic E-state index is 12.4. The Kier molecular flexibility index (Phi) is 6.38. The van der Waals surface area contributed by atoms with E-state index in [-0.39, 0.29) is 16.5 Å². The van der Waals surface area contributed by atoms with Crippen LogP contribution in [0.3, 0.4) is 0 Å². The van der Waals surface area contributed by atoms with Crippen LogP contribution in [0.5, 0.6) is 0 Å². The van der Waals surface area contributed by atoms with Gasteiger partial charge in [-0.15, -0.1) is 0 Å². The van der Waals surface area contributed by atoms with Crippen molar-refractivity contribution in [3.63, 3.8) is 0 Å². The highest BCUT2D eigenvalue weighted by atomic mass is 32.2. The molecule has 0 saturated carbocycles. The van der Waals surface area contributed by atoms with Gasteiger partial charge in [-0.3, -0.25) is 4.79 Å². The molecule has 0 aliphatic rings. The van der Waals surface area contributed by atoms with Gasteiger partial charge < -0.3 is 14.8 Å². The van der Waals surface area contributed by atoms with Gasteiger partial charge in [0.05, 0.1) is 0 Å². The van der Waals surface area contributed by atoms with Crippen molar-refractivity contribution in [2.24, 2.45) is 7.05 Å². The molecule has 0 fully saturated rings. The lowest BCUT2D eigenvalue weighted by atomic mass is 10.2. The second-order valence-corrected chi connectivity index (χ2v) is 7.65. The molecule has 0 bridgehead atoms. The Morgan fingerprint density at radius 2 is 1.96 bits per heavy atom. The summed E-state index contributed by atoms with van der Waals surface area (Å²) in [7, 11) is -0.625. The van der Waals surface area contributed by atoms with Gasteiger partial charge in [-0.2, -0.15) is 0 Å². The first-order chi connectivity index (χ1) is 12.3. The second kappa shape index (κ2) is 8.33. The molecule has 0 aromatic carbocycles. The van der Waals surface area contributed by atoms with E-state index < -0.39 is 10.0 Å². The molecule has 0 saturated heterocycles. The average molecular weight is 379 g/mol. The van der Waals surface area contributed by atoms with E-state index in [2.05, 4.69) is 33.8 Å². The van der Waals surface area contributed by atoms with E-state index in [1.165, 1.54) is 23.9 Å². The molecule has 0 radical (unpaired) electrons. The van der Waals surface area contributed by atoms with Crippen LogP contribution < -0.4 is 14.9 Å². The van der Waals surface area contributed by atoms with Crippen LogP contribution >= 0.6 is 0 Å². The number of hydrogen-bond acceptors (Lipinski definition) is 5. The summed E-state index contributed by atoms with van der Waals surface area (Å²) in [5.41, 5.74) is 1.14. The minimum atomic E-state index is -3.58. The highest BCUT2D eigenvalue weighted by Gasteiger charge is 2.19. The van der Waals surface area contributed by atoms with Crippen molar-refractivity contribution < 1.29 is 13.2 Å². The number of aryl methyl sites for hydroxylation is 1. The van der Waals surface area contributed by atoms with E-state index >= 15 is 0 Å². The molecule has 0 aliphatic heterocycles. The maximum Gasteiger partial charge on any atom is 0.268 e. The number of sulfonamides is 1. The molecule has 0 aliphatic carbocycles. The number of anilines is 1. The molecule has 2 heterocycles. The number of carbonyl (C=O) groups excluding carboxylic acids is 1. The first-order valence-corrected chi connectivity index (χ1v) is 9.88. The summed E-state index contributed by atoms with van der Waals surface area (Å²) < 4.78 is 27.4. The Morgan fingerprint density at radius 1 is 1.27 bits per heavy atom. The Morgan fingerprint density at radius 3 is 2.50 bits per heavy atom. The molecule has 2 rings (SSSR count). The lowest BCUT2D eigenvalue weighted by Crippen LogP contribution is -2.25. The average Bonchev–Trinajstić information content (AvgIpc) is 3.04. The van der Waals surface area contributed by atoms with Crippen molar-refractivity contribution in [1.29, 1.82) is 0 Å². The van der Waals surface area contributed by atoms with Crippen molar-refractivity contribution in [3.05, 3.63) is 41.9 Å². The van der Waals surface area contributed by atoms with Gasteiger partial charge in [-0.05, 0) is 38.6 Å². The Hall–Kier alpha value is -2.39. The standard InChI is InChI=1S/C17H25N5O3S/c1-5-22(6-2)16-8-7-13(10-19-16)11-20-17(23)15-9-14(12-21(15)4)26(24,25)18-3/h7-10,12,18H,5-6,11H2,1-4H3,(H,20,23). The zero-order valence-electron chi connectivity index (χ0n) is 15.5. The van der Waals surface area contributed by atoms with E-state index in [9.17, 15) is 13.2 Å². The van der Waals surface area contributed by atoms with Crippen molar-refractivity contribution in [1.82, 2.24) is 19.6 Å². The van der Waals surface area contributed by atoms with E-state index in [1.54, 1.807) is 13.2 Å². The predicted molar refractivity (Wildman–Crippen MR) is 101 cm³/mol. The van der Waals surface area contributed by atoms with Crippen molar-refractivity contribution in [2.75, 3.05) is 25.0 Å². The second-order valence-electron chi connectivity index (χ2n) is 5.76. The Labute approximate surface area is 154 Å². The minimum Gasteiger partial charge on any atom is -0.357 e. The summed E-state index contributed by atoms with van der Waals surface area (Å²) in [5, 5.41) is 2.79. The number of hydrogen-bond donors (Lipinski definition) is 2. The quantitative estimate of drug-likeness (QED) is 0.716. The van der Waals surface area contributed by atoms with Crippen LogP contribution in [0.25, 0.3) is 0 Å². The monoisotopic (exact) mass is 379 g/mol. The zero-order chi connectivity index (χ0) is 19.3. The number of amides is 1. The molecule has 26 heavy (non-hydrogen) atoms. The van der Waals surface area contributed by atoms with Gasteiger partial charge in [-0.25, -0.2) is 18.1 Å². The highest BCUT2D eigenvalue weighted by Crippen LogP contribution is 2.14. The van der Waals surface area contributed by atoms with Crippen molar-refractivity contribution >= 4 is 21.7 Å². The number of rotatable bonds is 8. The molecular weight excluding hydrogens is 354 g/mol. The molecular formula is C17H25N5O3S. The van der Waals surface area contributed by atoms with Gasteiger partial charge in [-0.1, -0.05) is 6.07 Å². The van der Waals surface area contributed by atoms with E-state index in [1.807, 2.05) is 12.1 Å². The summed E-state index contributed by atoms with van der Waals surface area (Å²) in [5.74, 6) is 0.548. The van der Waals surface area contributed by atoms with Gasteiger partial charge in [0.25, 0.3) is 5.91 Å². The molecule has 0 spiro atoms. The summed E-state index contributed by atoms with van der Waals surface area (Å²) in [6, 6.07) is 5.19. The number of nitrogens with zero attached hydrogens (tertiary/aromatic N) is 3. The van der Waals surface area contributed by atoms with Gasteiger partial charge >= 0.3 is 0 Å². The van der Waals surface area contributed by atoms with E-state index in [0.29, 0.717) is 6.54 Å². The molecule has 2 aromatic rings. The molecule has 0 unspecified atom stereocenters. The summed E-state index contributed by atoms with van der Waals surface area (Å²) >= 11 is 0. The number of aromatic nitrogens is 2. The minimum absolute atomic E-state index is 0.0536. The lowest BCUT2D eigenvalue weighted by Gasteiger charge is -2.19. The van der Waals surface area contributed by atoms with Crippen LogP contribution in [0.2, 0.25) is 0 Å². The predicted octanol–water partition coefficient (Wildman–Crippen LogP) is 1.10. The summed E-state index contributed by atoms with van der Waals surface area (Å²) in [4.78, 5) is 19.0. The normalized spacial score (nSPS) is 11.4. The number of carbonyl (C=O) groups is 1. The molecule has 1 amide bonds. The van der Waals surface area contributed by atoms with Crippen molar-refractivity contribution in [3.8, 4) is 0 Å². The molecule has 142 valence electrons.